The first-order chi connectivity index (χ1) is 15.8. The molecule has 2 amide bonds. The second kappa shape index (κ2) is 7.58. The minimum atomic E-state index is -1.00. The summed E-state index contributed by atoms with van der Waals surface area (Å²) in [5, 5.41) is 2.91. The van der Waals surface area contributed by atoms with Gasteiger partial charge in [0.15, 0.2) is 6.61 Å². The molecule has 170 valence electrons. The van der Waals surface area contributed by atoms with E-state index in [-0.39, 0.29) is 28.3 Å². The zero-order valence-electron chi connectivity index (χ0n) is 18.2. The van der Waals surface area contributed by atoms with Crippen LogP contribution in [-0.2, 0) is 21.4 Å². The number of para-hydroxylation sites is 2. The molecule has 10 heteroatoms. The van der Waals surface area contributed by atoms with E-state index in [1.165, 1.54) is 29.8 Å². The van der Waals surface area contributed by atoms with Crippen LogP contribution >= 0.6 is 0 Å². The van der Waals surface area contributed by atoms with Crippen molar-refractivity contribution in [2.45, 2.75) is 38.1 Å². The molecule has 1 fully saturated rings. The van der Waals surface area contributed by atoms with Crippen molar-refractivity contribution in [1.82, 2.24) is 9.55 Å². The molecule has 0 radical (unpaired) electrons. The molecule has 1 aliphatic carbocycles. The van der Waals surface area contributed by atoms with Gasteiger partial charge in [0.1, 0.15) is 28.6 Å². The van der Waals surface area contributed by atoms with Crippen molar-refractivity contribution in [3.63, 3.8) is 0 Å². The maximum Gasteiger partial charge on any atom is 0.343 e. The Morgan fingerprint density at radius 3 is 2.70 bits per heavy atom. The number of carbonyl (C=O) groups excluding carboxylic acids is 3. The van der Waals surface area contributed by atoms with Crippen LogP contribution in [0.4, 0.5) is 11.4 Å². The van der Waals surface area contributed by atoms with Crippen molar-refractivity contribution in [1.29, 1.82) is 0 Å². The molecule has 2 aliphatic rings. The fourth-order valence-corrected chi connectivity index (χ4v) is 4.83. The maximum absolute atomic E-state index is 13.4. The molecule has 1 spiro atoms. The zero-order valence-corrected chi connectivity index (χ0v) is 18.2. The maximum atomic E-state index is 13.4. The number of hydrogen-bond acceptors (Lipinski definition) is 7. The van der Waals surface area contributed by atoms with Crippen molar-refractivity contribution in [2.75, 3.05) is 16.8 Å². The van der Waals surface area contributed by atoms with Crippen LogP contribution in [0.3, 0.4) is 0 Å². The molecule has 33 heavy (non-hydrogen) atoms. The van der Waals surface area contributed by atoms with E-state index in [2.05, 4.69) is 10.3 Å². The van der Waals surface area contributed by atoms with Crippen LogP contribution in [0.2, 0.25) is 0 Å². The third-order valence-corrected chi connectivity index (χ3v) is 6.40. The third kappa shape index (κ3) is 3.12. The number of furan rings is 1. The van der Waals surface area contributed by atoms with E-state index in [0.29, 0.717) is 24.2 Å². The van der Waals surface area contributed by atoms with Gasteiger partial charge in [-0.25, -0.2) is 9.78 Å². The number of hydrogen-bond donors (Lipinski definition) is 1. The van der Waals surface area contributed by atoms with Gasteiger partial charge in [-0.3, -0.25) is 19.3 Å². The van der Waals surface area contributed by atoms with E-state index < -0.39 is 29.6 Å². The van der Waals surface area contributed by atoms with Gasteiger partial charge in [-0.2, -0.15) is 0 Å². The number of esters is 1. The first-order valence-electron chi connectivity index (χ1n) is 10.7. The van der Waals surface area contributed by atoms with E-state index in [0.717, 1.165) is 12.8 Å². The lowest BCUT2D eigenvalue weighted by Gasteiger charge is -2.44. The van der Waals surface area contributed by atoms with E-state index >= 15 is 0 Å². The molecule has 3 aromatic rings. The SMILES string of the molecule is Cc1oc2ncn(C)c(=O)c2c1C(=O)OCC(=O)N1c2ccccc2NC(=O)C12CCCC2. The summed E-state index contributed by atoms with van der Waals surface area (Å²) in [4.78, 5) is 57.3. The van der Waals surface area contributed by atoms with Gasteiger partial charge in [-0.05, 0) is 31.9 Å². The summed E-state index contributed by atoms with van der Waals surface area (Å²) >= 11 is 0. The van der Waals surface area contributed by atoms with Gasteiger partial charge in [-0.15, -0.1) is 0 Å². The molecular formula is C23H22N4O6. The first kappa shape index (κ1) is 20.9. The minimum absolute atomic E-state index is 0.00454. The van der Waals surface area contributed by atoms with Crippen molar-refractivity contribution in [3.05, 3.63) is 52.3 Å². The lowest BCUT2D eigenvalue weighted by Crippen LogP contribution is -2.61. The van der Waals surface area contributed by atoms with Gasteiger partial charge in [-0.1, -0.05) is 25.0 Å². The summed E-state index contributed by atoms with van der Waals surface area (Å²) < 4.78 is 12.0. The Labute approximate surface area is 188 Å². The fraction of sp³-hybridized carbons (Fsp3) is 0.348. The van der Waals surface area contributed by atoms with Gasteiger partial charge in [0.25, 0.3) is 17.4 Å². The van der Waals surface area contributed by atoms with Crippen LogP contribution in [-0.4, -0.2) is 39.5 Å². The third-order valence-electron chi connectivity index (χ3n) is 6.40. The molecule has 2 aromatic heterocycles. The zero-order chi connectivity index (χ0) is 23.3. The Kier molecular flexibility index (Phi) is 4.80. The smallest absolute Gasteiger partial charge is 0.343 e. The fourth-order valence-electron chi connectivity index (χ4n) is 4.83. The Hall–Kier alpha value is -3.95. The number of carbonyl (C=O) groups is 3. The second-order valence-electron chi connectivity index (χ2n) is 8.39. The standard InChI is InChI=1S/C23H22N4O6/c1-13-17(18-19(33-13)24-12-26(2)20(18)29)21(30)32-11-16(28)27-15-8-4-3-7-14(15)25-22(31)23(27)9-5-6-10-23/h3-4,7-8,12H,5-6,9-11H2,1-2H3,(H,25,31). The molecule has 1 aliphatic heterocycles. The lowest BCUT2D eigenvalue weighted by molar-refractivity contribution is -0.129. The average molecular weight is 450 g/mol. The molecule has 1 saturated carbocycles. The van der Waals surface area contributed by atoms with Gasteiger partial charge in [0.2, 0.25) is 5.71 Å². The Balaban J connectivity index is 1.46. The highest BCUT2D eigenvalue weighted by Gasteiger charge is 2.52. The molecule has 0 atom stereocenters. The van der Waals surface area contributed by atoms with Crippen molar-refractivity contribution in [2.24, 2.45) is 7.05 Å². The highest BCUT2D eigenvalue weighted by molar-refractivity contribution is 6.15. The number of anilines is 2. The Bertz CT molecular complexity index is 1370. The number of rotatable bonds is 3. The molecule has 5 rings (SSSR count). The number of aryl methyl sites for hydroxylation is 2. The molecule has 1 aromatic carbocycles. The molecule has 10 nitrogen and oxygen atoms in total. The Morgan fingerprint density at radius 2 is 1.94 bits per heavy atom. The molecule has 0 unspecified atom stereocenters. The molecule has 0 saturated heterocycles. The first-order valence-corrected chi connectivity index (χ1v) is 10.7. The van der Waals surface area contributed by atoms with Crippen LogP contribution in [0.25, 0.3) is 11.1 Å². The largest absolute Gasteiger partial charge is 0.452 e. The minimum Gasteiger partial charge on any atom is -0.452 e. The van der Waals surface area contributed by atoms with Crippen LogP contribution in [0.1, 0.15) is 41.8 Å². The van der Waals surface area contributed by atoms with Crippen LogP contribution in [0.15, 0.2) is 39.8 Å². The molecule has 1 N–H and O–H groups in total. The number of fused-ring (bicyclic) bond motifs is 2. The number of benzene rings is 1. The van der Waals surface area contributed by atoms with E-state index in [1.54, 1.807) is 24.3 Å². The van der Waals surface area contributed by atoms with Gasteiger partial charge in [0.05, 0.1) is 11.4 Å². The summed E-state index contributed by atoms with van der Waals surface area (Å²) in [5.74, 6) is -1.43. The van der Waals surface area contributed by atoms with Crippen LogP contribution < -0.4 is 15.8 Å². The monoisotopic (exact) mass is 450 g/mol. The summed E-state index contributed by atoms with van der Waals surface area (Å²) in [6.45, 7) is 0.938. The lowest BCUT2D eigenvalue weighted by atomic mass is 9.90. The number of nitrogens with zero attached hydrogens (tertiary/aromatic N) is 3. The normalized spacial score (nSPS) is 16.7. The van der Waals surface area contributed by atoms with E-state index in [1.807, 2.05) is 0 Å². The predicted molar refractivity (Wildman–Crippen MR) is 118 cm³/mol. The van der Waals surface area contributed by atoms with E-state index in [4.69, 9.17) is 9.15 Å². The van der Waals surface area contributed by atoms with Crippen LogP contribution in [0, 0.1) is 6.92 Å². The number of aromatic nitrogens is 2. The second-order valence-corrected chi connectivity index (χ2v) is 8.39. The summed E-state index contributed by atoms with van der Waals surface area (Å²) in [6.07, 6.45) is 3.98. The molecular weight excluding hydrogens is 428 g/mol. The molecule has 0 bridgehead atoms. The van der Waals surface area contributed by atoms with E-state index in [9.17, 15) is 19.2 Å². The highest BCUT2D eigenvalue weighted by Crippen LogP contribution is 2.45. The quantitative estimate of drug-likeness (QED) is 0.607. The predicted octanol–water partition coefficient (Wildman–Crippen LogP) is 2.29. The Morgan fingerprint density at radius 1 is 1.21 bits per heavy atom. The van der Waals surface area contributed by atoms with Crippen LogP contribution in [0.5, 0.6) is 0 Å². The summed E-state index contributed by atoms with van der Waals surface area (Å²) in [7, 11) is 1.51. The van der Waals surface area contributed by atoms with Crippen molar-refractivity contribution < 1.29 is 23.5 Å². The summed E-state index contributed by atoms with van der Waals surface area (Å²) in [5.41, 5.74) is -0.384. The number of ether oxygens (including phenoxy) is 1. The van der Waals surface area contributed by atoms with Gasteiger partial charge < -0.3 is 19.0 Å². The number of amides is 2. The van der Waals surface area contributed by atoms with Gasteiger partial charge in [0, 0.05) is 7.05 Å². The average Bonchev–Trinajstić information content (AvgIpc) is 3.41. The molecule has 3 heterocycles. The summed E-state index contributed by atoms with van der Waals surface area (Å²) in [6, 6.07) is 7.05. The van der Waals surface area contributed by atoms with Crippen molar-refractivity contribution in [3.8, 4) is 0 Å². The van der Waals surface area contributed by atoms with Crippen molar-refractivity contribution >= 4 is 40.3 Å². The topological polar surface area (TPSA) is 124 Å². The number of nitrogens with one attached hydrogen (secondary N) is 1. The van der Waals surface area contributed by atoms with Gasteiger partial charge >= 0.3 is 5.97 Å². The highest BCUT2D eigenvalue weighted by atomic mass is 16.5.